The van der Waals surface area contributed by atoms with E-state index in [0.717, 1.165) is 47.0 Å². The lowest BCUT2D eigenvalue weighted by Gasteiger charge is -2.25. The summed E-state index contributed by atoms with van der Waals surface area (Å²) in [7, 11) is 1.67. The van der Waals surface area contributed by atoms with Crippen LogP contribution in [0.1, 0.15) is 24.3 Å². The normalized spacial score (nSPS) is 15.7. The molecule has 0 spiro atoms. The predicted molar refractivity (Wildman–Crippen MR) is 88.4 cm³/mol. The maximum Gasteiger partial charge on any atom is 0.123 e. The van der Waals surface area contributed by atoms with Gasteiger partial charge in [0.2, 0.25) is 0 Å². The van der Waals surface area contributed by atoms with E-state index in [2.05, 4.69) is 11.4 Å². The molecule has 116 valence electrons. The van der Waals surface area contributed by atoms with Crippen molar-refractivity contribution in [3.8, 4) is 5.75 Å². The fourth-order valence-electron chi connectivity index (χ4n) is 2.86. The number of hydrogen-bond donors (Lipinski definition) is 1. The summed E-state index contributed by atoms with van der Waals surface area (Å²) in [6, 6.07) is 13.1. The van der Waals surface area contributed by atoms with E-state index in [1.165, 1.54) is 0 Å². The van der Waals surface area contributed by atoms with Gasteiger partial charge in [-0.1, -0.05) is 17.8 Å². The van der Waals surface area contributed by atoms with Crippen LogP contribution in [0.25, 0.3) is 0 Å². The smallest absolute Gasteiger partial charge is 0.123 e. The Morgan fingerprint density at radius 3 is 2.73 bits per heavy atom. The molecule has 1 N–H and O–H groups in total. The lowest BCUT2D eigenvalue weighted by molar-refractivity contribution is 0.413. The standard InChI is InChI=1S/C18H20FNOS/c1-21-15-3-2-4-16(12-15)22-18-6-5-14(19)11-17(18)13-7-9-20-10-8-13/h2-6,11-13,20H,7-10H2,1H3. The molecule has 0 unspecified atom stereocenters. The topological polar surface area (TPSA) is 21.3 Å². The van der Waals surface area contributed by atoms with Crippen molar-refractivity contribution >= 4 is 11.8 Å². The first-order valence-electron chi connectivity index (χ1n) is 7.58. The quantitative estimate of drug-likeness (QED) is 0.900. The molecule has 1 saturated heterocycles. The molecule has 1 aliphatic rings. The Kier molecular flexibility index (Phi) is 5.01. The second-order valence-corrected chi connectivity index (χ2v) is 6.60. The molecular formula is C18H20FNOS. The molecule has 1 heterocycles. The van der Waals surface area contributed by atoms with Crippen LogP contribution in [0.5, 0.6) is 5.75 Å². The van der Waals surface area contributed by atoms with Gasteiger partial charge >= 0.3 is 0 Å². The molecule has 2 nitrogen and oxygen atoms in total. The van der Waals surface area contributed by atoms with Crippen LogP contribution in [-0.4, -0.2) is 20.2 Å². The number of rotatable bonds is 4. The van der Waals surface area contributed by atoms with Crippen LogP contribution in [0.2, 0.25) is 0 Å². The third kappa shape index (κ3) is 3.62. The van der Waals surface area contributed by atoms with Crippen LogP contribution in [0.4, 0.5) is 4.39 Å². The van der Waals surface area contributed by atoms with Crippen molar-refractivity contribution in [2.75, 3.05) is 20.2 Å². The Balaban J connectivity index is 1.88. The summed E-state index contributed by atoms with van der Waals surface area (Å²) in [6.45, 7) is 2.01. The molecule has 3 rings (SSSR count). The van der Waals surface area contributed by atoms with Crippen molar-refractivity contribution in [1.82, 2.24) is 5.32 Å². The minimum absolute atomic E-state index is 0.150. The molecule has 0 amide bonds. The molecule has 1 aliphatic heterocycles. The minimum Gasteiger partial charge on any atom is -0.497 e. The first-order valence-corrected chi connectivity index (χ1v) is 8.40. The van der Waals surface area contributed by atoms with Crippen molar-refractivity contribution in [2.45, 2.75) is 28.6 Å². The number of nitrogens with one attached hydrogen (secondary N) is 1. The maximum atomic E-state index is 13.7. The van der Waals surface area contributed by atoms with Crippen LogP contribution in [0, 0.1) is 5.82 Å². The van der Waals surface area contributed by atoms with Gasteiger partial charge in [-0.25, -0.2) is 4.39 Å². The summed E-state index contributed by atoms with van der Waals surface area (Å²) in [6.07, 6.45) is 2.13. The monoisotopic (exact) mass is 317 g/mol. The largest absolute Gasteiger partial charge is 0.497 e. The van der Waals surface area contributed by atoms with Crippen molar-refractivity contribution < 1.29 is 9.13 Å². The highest BCUT2D eigenvalue weighted by Crippen LogP contribution is 2.38. The number of benzene rings is 2. The van der Waals surface area contributed by atoms with E-state index in [9.17, 15) is 4.39 Å². The van der Waals surface area contributed by atoms with Gasteiger partial charge in [0.05, 0.1) is 7.11 Å². The van der Waals surface area contributed by atoms with Crippen molar-refractivity contribution in [3.63, 3.8) is 0 Å². The molecule has 0 aliphatic carbocycles. The molecule has 0 radical (unpaired) electrons. The summed E-state index contributed by atoms with van der Waals surface area (Å²) in [5.41, 5.74) is 1.13. The molecule has 1 fully saturated rings. The summed E-state index contributed by atoms with van der Waals surface area (Å²) >= 11 is 1.68. The van der Waals surface area contributed by atoms with Gasteiger partial charge in [-0.05, 0) is 73.8 Å². The van der Waals surface area contributed by atoms with Crippen LogP contribution in [-0.2, 0) is 0 Å². The summed E-state index contributed by atoms with van der Waals surface area (Å²) in [4.78, 5) is 2.25. The fourth-order valence-corrected chi connectivity index (χ4v) is 3.91. The lowest BCUT2D eigenvalue weighted by atomic mass is 9.90. The van der Waals surface area contributed by atoms with Gasteiger partial charge in [0.15, 0.2) is 0 Å². The summed E-state index contributed by atoms with van der Waals surface area (Å²) in [5.74, 6) is 1.13. The lowest BCUT2D eigenvalue weighted by Crippen LogP contribution is -2.26. The van der Waals surface area contributed by atoms with Crippen molar-refractivity contribution in [2.24, 2.45) is 0 Å². The second-order valence-electron chi connectivity index (χ2n) is 5.49. The van der Waals surface area contributed by atoms with Gasteiger partial charge in [0, 0.05) is 9.79 Å². The average molecular weight is 317 g/mol. The number of ether oxygens (including phenoxy) is 1. The molecule has 0 saturated carbocycles. The molecule has 0 bridgehead atoms. The SMILES string of the molecule is COc1cccc(Sc2ccc(F)cc2C2CCNCC2)c1. The minimum atomic E-state index is -0.150. The first-order chi connectivity index (χ1) is 10.8. The molecule has 22 heavy (non-hydrogen) atoms. The predicted octanol–water partition coefficient (Wildman–Crippen LogP) is 4.45. The Morgan fingerprint density at radius 1 is 1.14 bits per heavy atom. The second kappa shape index (κ2) is 7.16. The van der Waals surface area contributed by atoms with E-state index in [1.54, 1.807) is 31.0 Å². The Labute approximate surface area is 135 Å². The first kappa shape index (κ1) is 15.4. The number of hydrogen-bond acceptors (Lipinski definition) is 3. The molecular weight excluding hydrogens is 297 g/mol. The molecule has 2 aromatic rings. The zero-order valence-corrected chi connectivity index (χ0v) is 13.5. The van der Waals surface area contributed by atoms with E-state index in [4.69, 9.17) is 4.74 Å². The van der Waals surface area contributed by atoms with Gasteiger partial charge < -0.3 is 10.1 Å². The van der Waals surface area contributed by atoms with E-state index in [0.29, 0.717) is 5.92 Å². The zero-order valence-electron chi connectivity index (χ0n) is 12.6. The number of methoxy groups -OCH3 is 1. The van der Waals surface area contributed by atoms with E-state index < -0.39 is 0 Å². The molecule has 2 aromatic carbocycles. The highest BCUT2D eigenvalue weighted by molar-refractivity contribution is 7.99. The van der Waals surface area contributed by atoms with Crippen molar-refractivity contribution in [1.29, 1.82) is 0 Å². The highest BCUT2D eigenvalue weighted by Gasteiger charge is 2.19. The third-order valence-electron chi connectivity index (χ3n) is 4.02. The zero-order chi connectivity index (χ0) is 15.4. The van der Waals surface area contributed by atoms with Crippen LogP contribution in [0.15, 0.2) is 52.3 Å². The Bertz CT molecular complexity index is 641. The van der Waals surface area contributed by atoms with E-state index in [-0.39, 0.29) is 5.82 Å². The molecule has 0 aromatic heterocycles. The highest BCUT2D eigenvalue weighted by atomic mass is 32.2. The summed E-state index contributed by atoms with van der Waals surface area (Å²) in [5, 5.41) is 3.37. The van der Waals surface area contributed by atoms with E-state index in [1.807, 2.05) is 24.3 Å². The fraction of sp³-hybridized carbons (Fsp3) is 0.333. The number of piperidine rings is 1. The van der Waals surface area contributed by atoms with Crippen LogP contribution >= 0.6 is 11.8 Å². The van der Waals surface area contributed by atoms with Crippen molar-refractivity contribution in [3.05, 3.63) is 53.8 Å². The van der Waals surface area contributed by atoms with E-state index >= 15 is 0 Å². The number of halogens is 1. The third-order valence-corrected chi connectivity index (χ3v) is 5.10. The average Bonchev–Trinajstić information content (AvgIpc) is 2.57. The maximum absolute atomic E-state index is 13.7. The van der Waals surface area contributed by atoms with Gasteiger partial charge in [0.1, 0.15) is 11.6 Å². The van der Waals surface area contributed by atoms with Gasteiger partial charge in [0.25, 0.3) is 0 Å². The van der Waals surface area contributed by atoms with Gasteiger partial charge in [-0.3, -0.25) is 0 Å². The summed E-state index contributed by atoms with van der Waals surface area (Å²) < 4.78 is 19.0. The molecule has 4 heteroatoms. The van der Waals surface area contributed by atoms with Crippen LogP contribution < -0.4 is 10.1 Å². The Morgan fingerprint density at radius 2 is 1.95 bits per heavy atom. The van der Waals surface area contributed by atoms with Gasteiger partial charge in [-0.2, -0.15) is 0 Å². The Hall–Kier alpha value is -1.52. The van der Waals surface area contributed by atoms with Crippen LogP contribution in [0.3, 0.4) is 0 Å². The van der Waals surface area contributed by atoms with Gasteiger partial charge in [-0.15, -0.1) is 0 Å². The molecule has 0 atom stereocenters.